The first-order valence-electron chi connectivity index (χ1n) is 8.54. The Bertz CT molecular complexity index is 533. The summed E-state index contributed by atoms with van der Waals surface area (Å²) in [5, 5.41) is 5.64. The summed E-state index contributed by atoms with van der Waals surface area (Å²) in [4.78, 5) is 27.0. The summed E-state index contributed by atoms with van der Waals surface area (Å²) in [5.74, 6) is 0.905. The molecule has 0 spiro atoms. The molecule has 0 saturated carbocycles. The van der Waals surface area contributed by atoms with Gasteiger partial charge in [0.15, 0.2) is 0 Å². The molecule has 0 saturated heterocycles. The third-order valence-corrected chi connectivity index (χ3v) is 4.90. The van der Waals surface area contributed by atoms with Gasteiger partial charge in [-0.1, -0.05) is 13.8 Å². The van der Waals surface area contributed by atoms with Crippen molar-refractivity contribution in [1.82, 2.24) is 15.5 Å². The van der Waals surface area contributed by atoms with Gasteiger partial charge in [-0.05, 0) is 37.4 Å². The van der Waals surface area contributed by atoms with Gasteiger partial charge in [-0.3, -0.25) is 9.59 Å². The molecule has 0 heterocycles. The van der Waals surface area contributed by atoms with Crippen molar-refractivity contribution in [3.05, 3.63) is 24.3 Å². The van der Waals surface area contributed by atoms with E-state index in [1.54, 1.807) is 7.11 Å². The van der Waals surface area contributed by atoms with Crippen LogP contribution in [-0.4, -0.2) is 61.8 Å². The summed E-state index contributed by atoms with van der Waals surface area (Å²) < 4.78 is 5.13. The fourth-order valence-electron chi connectivity index (χ4n) is 2.28. The van der Waals surface area contributed by atoms with Gasteiger partial charge in [0.1, 0.15) is 11.8 Å². The predicted octanol–water partition coefficient (Wildman–Crippen LogP) is 1.75. The number of ether oxygens (including phenoxy) is 1. The molecule has 0 fully saturated rings. The maximum Gasteiger partial charge on any atom is 0.243 e. The van der Waals surface area contributed by atoms with Crippen LogP contribution in [0, 0.1) is 0 Å². The van der Waals surface area contributed by atoms with Gasteiger partial charge < -0.3 is 20.3 Å². The largest absolute Gasteiger partial charge is 0.497 e. The maximum atomic E-state index is 12.4. The lowest BCUT2D eigenvalue weighted by molar-refractivity contribution is -0.127. The zero-order valence-electron chi connectivity index (χ0n) is 15.5. The summed E-state index contributed by atoms with van der Waals surface area (Å²) in [6, 6.07) is 7.07. The van der Waals surface area contributed by atoms with Crippen LogP contribution in [0.2, 0.25) is 0 Å². The zero-order chi connectivity index (χ0) is 18.7. The lowest BCUT2D eigenvalue weighted by Crippen LogP contribution is -2.49. The van der Waals surface area contributed by atoms with Crippen LogP contribution in [0.1, 0.15) is 20.8 Å². The highest BCUT2D eigenvalue weighted by Crippen LogP contribution is 2.22. The van der Waals surface area contributed by atoms with Gasteiger partial charge in [0.05, 0.1) is 7.11 Å². The Kier molecular flexibility index (Phi) is 10.0. The zero-order valence-corrected chi connectivity index (χ0v) is 16.3. The van der Waals surface area contributed by atoms with Crippen molar-refractivity contribution in [2.24, 2.45) is 0 Å². The van der Waals surface area contributed by atoms with Crippen molar-refractivity contribution in [3.63, 3.8) is 0 Å². The minimum atomic E-state index is -0.554. The summed E-state index contributed by atoms with van der Waals surface area (Å²) in [7, 11) is 1.62. The molecule has 1 aromatic carbocycles. The molecular weight excluding hydrogens is 338 g/mol. The van der Waals surface area contributed by atoms with Crippen molar-refractivity contribution in [1.29, 1.82) is 0 Å². The number of hydrogen-bond donors (Lipinski definition) is 2. The van der Waals surface area contributed by atoms with Gasteiger partial charge in [-0.2, -0.15) is 0 Å². The number of nitrogens with one attached hydrogen (secondary N) is 2. The van der Waals surface area contributed by atoms with Gasteiger partial charge in [0.2, 0.25) is 11.8 Å². The first-order chi connectivity index (χ1) is 12.0. The number of methoxy groups -OCH3 is 1. The molecule has 2 N–H and O–H groups in total. The fourth-order valence-corrected chi connectivity index (χ4v) is 3.20. The maximum absolute atomic E-state index is 12.4. The third-order valence-electron chi connectivity index (χ3n) is 3.79. The number of amides is 2. The van der Waals surface area contributed by atoms with E-state index in [1.807, 2.05) is 24.3 Å². The molecule has 0 radical (unpaired) electrons. The first-order valence-corrected chi connectivity index (χ1v) is 9.52. The number of nitrogens with zero attached hydrogens (tertiary/aromatic N) is 1. The van der Waals surface area contributed by atoms with Gasteiger partial charge in [0, 0.05) is 30.7 Å². The second-order valence-corrected chi connectivity index (χ2v) is 6.65. The molecule has 1 unspecified atom stereocenters. The Balaban J connectivity index is 2.53. The number of thioether (sulfide) groups is 1. The van der Waals surface area contributed by atoms with E-state index in [0.29, 0.717) is 12.3 Å². The van der Waals surface area contributed by atoms with E-state index in [1.165, 1.54) is 18.7 Å². The number of benzene rings is 1. The van der Waals surface area contributed by atoms with Crippen molar-refractivity contribution >= 4 is 23.6 Å². The SMILES string of the molecule is CCN(CC)CCNC(=O)C(CSc1ccc(OC)cc1)NC(C)=O. The number of rotatable bonds is 11. The van der Waals surface area contributed by atoms with Gasteiger partial charge in [-0.15, -0.1) is 11.8 Å². The minimum absolute atomic E-state index is 0.150. The van der Waals surface area contributed by atoms with Gasteiger partial charge >= 0.3 is 0 Å². The quantitative estimate of drug-likeness (QED) is 0.583. The molecule has 0 bridgehead atoms. The van der Waals surface area contributed by atoms with E-state index in [0.717, 1.165) is 30.3 Å². The lowest BCUT2D eigenvalue weighted by Gasteiger charge is -2.20. The smallest absolute Gasteiger partial charge is 0.243 e. The molecule has 0 aliphatic carbocycles. The molecule has 25 heavy (non-hydrogen) atoms. The van der Waals surface area contributed by atoms with Gasteiger partial charge in [-0.25, -0.2) is 0 Å². The Hall–Kier alpha value is -1.73. The summed E-state index contributed by atoms with van der Waals surface area (Å²) >= 11 is 1.53. The highest BCUT2D eigenvalue weighted by atomic mass is 32.2. The average Bonchev–Trinajstić information content (AvgIpc) is 2.62. The van der Waals surface area contributed by atoms with Gasteiger partial charge in [0.25, 0.3) is 0 Å². The number of carbonyl (C=O) groups excluding carboxylic acids is 2. The molecule has 1 aromatic rings. The molecule has 6 nitrogen and oxygen atoms in total. The normalized spacial score (nSPS) is 11.9. The van der Waals surface area contributed by atoms with Crippen LogP contribution in [-0.2, 0) is 9.59 Å². The van der Waals surface area contributed by atoms with Crippen molar-refractivity contribution in [2.45, 2.75) is 31.7 Å². The highest BCUT2D eigenvalue weighted by Gasteiger charge is 2.19. The highest BCUT2D eigenvalue weighted by molar-refractivity contribution is 7.99. The molecule has 0 aromatic heterocycles. The molecule has 1 rings (SSSR count). The molecule has 0 aliphatic heterocycles. The third kappa shape index (κ3) is 8.27. The summed E-state index contributed by atoms with van der Waals surface area (Å²) in [6.07, 6.45) is 0. The van der Waals surface area contributed by atoms with E-state index in [4.69, 9.17) is 4.74 Å². The molecule has 140 valence electrons. The first kappa shape index (κ1) is 21.3. The Morgan fingerprint density at radius 1 is 1.20 bits per heavy atom. The van der Waals surface area contributed by atoms with E-state index in [2.05, 4.69) is 29.4 Å². The van der Waals surface area contributed by atoms with Crippen LogP contribution >= 0.6 is 11.8 Å². The van der Waals surface area contributed by atoms with Crippen molar-refractivity contribution < 1.29 is 14.3 Å². The molecule has 2 amide bonds. The molecule has 0 aliphatic rings. The van der Waals surface area contributed by atoms with E-state index < -0.39 is 6.04 Å². The van der Waals surface area contributed by atoms with E-state index in [-0.39, 0.29) is 11.8 Å². The standard InChI is InChI=1S/C18H29N3O3S/c1-5-21(6-2)12-11-19-18(23)17(20-14(3)22)13-25-16-9-7-15(24-4)8-10-16/h7-10,17H,5-6,11-13H2,1-4H3,(H,19,23)(H,20,22). The second kappa shape index (κ2) is 11.8. The van der Waals surface area contributed by atoms with E-state index >= 15 is 0 Å². The van der Waals surface area contributed by atoms with Crippen LogP contribution in [0.25, 0.3) is 0 Å². The number of likely N-dealkylation sites (N-methyl/N-ethyl adjacent to an activating group) is 1. The van der Waals surface area contributed by atoms with Crippen LogP contribution in [0.15, 0.2) is 29.2 Å². The monoisotopic (exact) mass is 367 g/mol. The summed E-state index contributed by atoms with van der Waals surface area (Å²) in [5.41, 5.74) is 0. The van der Waals surface area contributed by atoms with Crippen LogP contribution in [0.4, 0.5) is 0 Å². The Morgan fingerprint density at radius 3 is 2.36 bits per heavy atom. The topological polar surface area (TPSA) is 70.7 Å². The Morgan fingerprint density at radius 2 is 1.84 bits per heavy atom. The van der Waals surface area contributed by atoms with Crippen LogP contribution in [0.5, 0.6) is 5.75 Å². The Labute approximate surface area is 154 Å². The van der Waals surface area contributed by atoms with E-state index in [9.17, 15) is 9.59 Å². The molecule has 7 heteroatoms. The molecular formula is C18H29N3O3S. The number of carbonyl (C=O) groups is 2. The summed E-state index contributed by atoms with van der Waals surface area (Å²) in [6.45, 7) is 8.90. The average molecular weight is 368 g/mol. The second-order valence-electron chi connectivity index (χ2n) is 5.56. The van der Waals surface area contributed by atoms with Crippen molar-refractivity contribution in [2.75, 3.05) is 39.0 Å². The fraction of sp³-hybridized carbons (Fsp3) is 0.556. The van der Waals surface area contributed by atoms with Crippen LogP contribution < -0.4 is 15.4 Å². The predicted molar refractivity (Wildman–Crippen MR) is 102 cm³/mol. The number of hydrogen-bond acceptors (Lipinski definition) is 5. The van der Waals surface area contributed by atoms with Crippen molar-refractivity contribution in [3.8, 4) is 5.75 Å². The van der Waals surface area contributed by atoms with Crippen LogP contribution in [0.3, 0.4) is 0 Å². The molecule has 1 atom stereocenters. The lowest BCUT2D eigenvalue weighted by atomic mass is 10.3. The minimum Gasteiger partial charge on any atom is -0.497 e.